The zero-order chi connectivity index (χ0) is 29.9. The Kier molecular flexibility index (Phi) is 4.88. The van der Waals surface area contributed by atoms with Crippen LogP contribution in [0.4, 0.5) is 0 Å². The standard InChI is InChI=1S/C45H30/c1-45(2)41-26-39(27-23-24-35-30-15-4-3-13-28(30)29-14-5-6-18-33(29)40(35)25-27)34-19-8-10-20-36(34)42(41)43-37-21-11-7-16-31(37)32-17-9-12-22-38(32)44(43)45/h3-26H,1-2H3. The Hall–Kier alpha value is -5.46. The Balaban J connectivity index is 1.33. The summed E-state index contributed by atoms with van der Waals surface area (Å²) in [7, 11) is 0. The van der Waals surface area contributed by atoms with E-state index in [0.717, 1.165) is 0 Å². The predicted octanol–water partition coefficient (Wildman–Crippen LogP) is 12.6. The van der Waals surface area contributed by atoms with Gasteiger partial charge in [0.25, 0.3) is 0 Å². The molecule has 0 aromatic heterocycles. The molecule has 0 unspecified atom stereocenters. The average molecular weight is 571 g/mol. The van der Waals surface area contributed by atoms with Gasteiger partial charge in [-0.2, -0.15) is 0 Å². The van der Waals surface area contributed by atoms with Gasteiger partial charge in [-0.05, 0) is 110 Å². The fourth-order valence-electron chi connectivity index (χ4n) is 8.64. The molecule has 0 saturated carbocycles. The SMILES string of the molecule is CC1(C)c2cc(-c3ccc4c5ccccc5c5ccccc5c4c3)c3ccccc3c2-c2c1c1ccccc1c1ccccc21. The number of hydrogen-bond acceptors (Lipinski definition) is 0. The number of fused-ring (bicyclic) bond motifs is 16. The fraction of sp³-hybridized carbons (Fsp3) is 0.0667. The third kappa shape index (κ3) is 3.21. The molecule has 0 bridgehead atoms. The highest BCUT2D eigenvalue weighted by atomic mass is 14.4. The molecule has 0 spiro atoms. The van der Waals surface area contributed by atoms with E-state index in [4.69, 9.17) is 0 Å². The molecule has 45 heavy (non-hydrogen) atoms. The first kappa shape index (κ1) is 24.9. The van der Waals surface area contributed by atoms with Gasteiger partial charge >= 0.3 is 0 Å². The van der Waals surface area contributed by atoms with E-state index in [-0.39, 0.29) is 5.41 Å². The van der Waals surface area contributed by atoms with Crippen LogP contribution in [0, 0.1) is 0 Å². The largest absolute Gasteiger partial charge is 0.0616 e. The van der Waals surface area contributed by atoms with Crippen LogP contribution in [-0.2, 0) is 5.41 Å². The Morgan fingerprint density at radius 2 is 0.733 bits per heavy atom. The molecule has 9 aromatic rings. The van der Waals surface area contributed by atoms with E-state index in [2.05, 4.69) is 159 Å². The lowest BCUT2D eigenvalue weighted by Crippen LogP contribution is -2.16. The number of hydrogen-bond donors (Lipinski definition) is 0. The minimum atomic E-state index is -0.160. The quantitative estimate of drug-likeness (QED) is 0.172. The van der Waals surface area contributed by atoms with Crippen LogP contribution < -0.4 is 0 Å². The van der Waals surface area contributed by atoms with Gasteiger partial charge in [-0.1, -0.05) is 147 Å². The van der Waals surface area contributed by atoms with Gasteiger partial charge in [0.15, 0.2) is 0 Å². The summed E-state index contributed by atoms with van der Waals surface area (Å²) in [4.78, 5) is 0. The van der Waals surface area contributed by atoms with Crippen molar-refractivity contribution < 1.29 is 0 Å². The molecule has 0 heteroatoms. The molecule has 0 atom stereocenters. The monoisotopic (exact) mass is 570 g/mol. The van der Waals surface area contributed by atoms with Crippen LogP contribution in [0.25, 0.3) is 86.9 Å². The highest BCUT2D eigenvalue weighted by molar-refractivity contribution is 6.26. The van der Waals surface area contributed by atoms with E-state index >= 15 is 0 Å². The number of benzene rings is 9. The fourth-order valence-corrected chi connectivity index (χ4v) is 8.64. The van der Waals surface area contributed by atoms with Crippen LogP contribution >= 0.6 is 0 Å². The van der Waals surface area contributed by atoms with Gasteiger partial charge in [0.2, 0.25) is 0 Å². The number of rotatable bonds is 1. The van der Waals surface area contributed by atoms with Crippen molar-refractivity contribution in [3.05, 3.63) is 157 Å². The van der Waals surface area contributed by atoms with Gasteiger partial charge in [-0.25, -0.2) is 0 Å². The Bertz CT molecular complexity index is 2690. The van der Waals surface area contributed by atoms with E-state index < -0.39 is 0 Å². The molecule has 0 aliphatic heterocycles. The maximum atomic E-state index is 2.52. The minimum absolute atomic E-state index is 0.160. The molecule has 0 heterocycles. The molecule has 0 amide bonds. The minimum Gasteiger partial charge on any atom is -0.0616 e. The first-order chi connectivity index (χ1) is 22.1. The smallest absolute Gasteiger partial charge is 0.0165 e. The van der Waals surface area contributed by atoms with E-state index in [0.29, 0.717) is 0 Å². The van der Waals surface area contributed by atoms with Crippen molar-refractivity contribution in [1.82, 2.24) is 0 Å². The second kappa shape index (κ2) is 8.80. The van der Waals surface area contributed by atoms with Crippen molar-refractivity contribution >= 4 is 64.6 Å². The maximum absolute atomic E-state index is 2.52. The van der Waals surface area contributed by atoms with Crippen LogP contribution in [0.2, 0.25) is 0 Å². The second-order valence-electron chi connectivity index (χ2n) is 13.2. The van der Waals surface area contributed by atoms with Crippen molar-refractivity contribution in [2.75, 3.05) is 0 Å². The van der Waals surface area contributed by atoms with E-state index in [1.807, 2.05) is 0 Å². The van der Waals surface area contributed by atoms with Crippen LogP contribution in [0.5, 0.6) is 0 Å². The molecule has 0 N–H and O–H groups in total. The van der Waals surface area contributed by atoms with Crippen molar-refractivity contribution in [3.63, 3.8) is 0 Å². The summed E-state index contributed by atoms with van der Waals surface area (Å²) in [6.07, 6.45) is 0. The van der Waals surface area contributed by atoms with Crippen LogP contribution in [0.3, 0.4) is 0 Å². The van der Waals surface area contributed by atoms with E-state index in [1.54, 1.807) is 0 Å². The lowest BCUT2D eigenvalue weighted by atomic mass is 9.78. The van der Waals surface area contributed by atoms with Crippen molar-refractivity contribution in [1.29, 1.82) is 0 Å². The van der Waals surface area contributed by atoms with Crippen molar-refractivity contribution in [2.24, 2.45) is 0 Å². The summed E-state index contributed by atoms with van der Waals surface area (Å²) in [5.74, 6) is 0. The van der Waals surface area contributed by atoms with Crippen LogP contribution in [0.1, 0.15) is 25.0 Å². The van der Waals surface area contributed by atoms with E-state index in [1.165, 1.54) is 98.0 Å². The van der Waals surface area contributed by atoms with Crippen LogP contribution in [-0.4, -0.2) is 0 Å². The molecule has 210 valence electrons. The third-order valence-corrected chi connectivity index (χ3v) is 10.6. The lowest BCUT2D eigenvalue weighted by Gasteiger charge is -2.25. The van der Waals surface area contributed by atoms with Crippen LogP contribution in [0.15, 0.2) is 146 Å². The summed E-state index contributed by atoms with van der Waals surface area (Å²) < 4.78 is 0. The first-order valence-corrected chi connectivity index (χ1v) is 16.0. The second-order valence-corrected chi connectivity index (χ2v) is 13.2. The zero-order valence-corrected chi connectivity index (χ0v) is 25.4. The van der Waals surface area contributed by atoms with Gasteiger partial charge in [0.05, 0.1) is 0 Å². The van der Waals surface area contributed by atoms with Gasteiger partial charge < -0.3 is 0 Å². The maximum Gasteiger partial charge on any atom is 0.0165 e. The molecule has 0 saturated heterocycles. The summed E-state index contributed by atoms with van der Waals surface area (Å²) in [5, 5.41) is 15.9. The van der Waals surface area contributed by atoms with Gasteiger partial charge in [0.1, 0.15) is 0 Å². The molecule has 1 aliphatic carbocycles. The predicted molar refractivity (Wildman–Crippen MR) is 194 cm³/mol. The van der Waals surface area contributed by atoms with Crippen molar-refractivity contribution in [2.45, 2.75) is 19.3 Å². The summed E-state index contributed by atoms with van der Waals surface area (Å²) in [6.45, 7) is 4.86. The van der Waals surface area contributed by atoms with Gasteiger partial charge in [0, 0.05) is 5.41 Å². The normalized spacial score (nSPS) is 13.7. The highest BCUT2D eigenvalue weighted by Gasteiger charge is 2.40. The molecule has 1 aliphatic rings. The lowest BCUT2D eigenvalue weighted by molar-refractivity contribution is 0.667. The van der Waals surface area contributed by atoms with Gasteiger partial charge in [-0.3, -0.25) is 0 Å². The first-order valence-electron chi connectivity index (χ1n) is 16.0. The molecule has 10 rings (SSSR count). The Morgan fingerprint density at radius 3 is 1.31 bits per heavy atom. The average Bonchev–Trinajstić information content (AvgIpc) is 3.35. The summed E-state index contributed by atoms with van der Waals surface area (Å²) >= 11 is 0. The van der Waals surface area contributed by atoms with Gasteiger partial charge in [-0.15, -0.1) is 0 Å². The molecule has 0 fully saturated rings. The third-order valence-electron chi connectivity index (χ3n) is 10.6. The Labute approximate surface area is 262 Å². The highest BCUT2D eigenvalue weighted by Crippen LogP contribution is 2.57. The molecule has 0 nitrogen and oxygen atoms in total. The molecule has 9 aromatic carbocycles. The summed E-state index contributed by atoms with van der Waals surface area (Å²) in [6, 6.07) is 54.4. The zero-order valence-electron chi connectivity index (χ0n) is 25.4. The van der Waals surface area contributed by atoms with E-state index in [9.17, 15) is 0 Å². The topological polar surface area (TPSA) is 0 Å². The van der Waals surface area contributed by atoms with Crippen molar-refractivity contribution in [3.8, 4) is 22.3 Å². The summed E-state index contributed by atoms with van der Waals surface area (Å²) in [5.41, 5.74) is 8.08. The molecular weight excluding hydrogens is 540 g/mol. The Morgan fingerprint density at radius 1 is 0.333 bits per heavy atom. The molecule has 0 radical (unpaired) electrons. The molecular formula is C45H30.